The van der Waals surface area contributed by atoms with Crippen LogP contribution in [0, 0.1) is 0 Å². The van der Waals surface area contributed by atoms with Crippen LogP contribution in [0.4, 0.5) is 4.39 Å². The predicted molar refractivity (Wildman–Crippen MR) is 146 cm³/mol. The maximum absolute atomic E-state index is 16.9. The molecule has 1 aliphatic heterocycles. The summed E-state index contributed by atoms with van der Waals surface area (Å²) in [6, 6.07) is 15.7. The molecule has 2 aromatic carbocycles. The second kappa shape index (κ2) is 10.7. The van der Waals surface area contributed by atoms with E-state index in [9.17, 15) is 4.79 Å². The highest BCUT2D eigenvalue weighted by atomic mass is 32.2. The molecule has 1 saturated heterocycles. The van der Waals surface area contributed by atoms with Gasteiger partial charge >= 0.3 is 5.97 Å². The first-order valence-corrected chi connectivity index (χ1v) is 14.7. The van der Waals surface area contributed by atoms with E-state index >= 15 is 4.39 Å². The van der Waals surface area contributed by atoms with Crippen LogP contribution in [0.1, 0.15) is 29.1 Å². The molecule has 0 unspecified atom stereocenters. The van der Waals surface area contributed by atoms with Crippen LogP contribution in [0.25, 0.3) is 16.7 Å². The Morgan fingerprint density at radius 2 is 1.90 bits per heavy atom. The Hall–Kier alpha value is -3.75. The largest absolute Gasteiger partial charge is 0.459 e. The Balaban J connectivity index is 1.37. The summed E-state index contributed by atoms with van der Waals surface area (Å²) in [7, 11) is 0. The summed E-state index contributed by atoms with van der Waals surface area (Å²) in [5.74, 6) is -0.560. The van der Waals surface area contributed by atoms with E-state index in [1.54, 1.807) is 53.0 Å². The van der Waals surface area contributed by atoms with Gasteiger partial charge in [-0.25, -0.2) is 23.7 Å². The van der Waals surface area contributed by atoms with Crippen molar-refractivity contribution in [2.24, 2.45) is 0 Å². The fraction of sp³-hybridized carbons (Fsp3) is 0.308. The second-order valence-electron chi connectivity index (χ2n) is 9.17. The topological polar surface area (TPSA) is 119 Å². The zero-order chi connectivity index (χ0) is 27.9. The summed E-state index contributed by atoms with van der Waals surface area (Å²) in [5.41, 5.74) is 0.237. The molecule has 0 saturated carbocycles. The summed E-state index contributed by atoms with van der Waals surface area (Å²) in [6.07, 6.45) is 1.87. The van der Waals surface area contributed by atoms with Gasteiger partial charge in [-0.15, -0.1) is 22.0 Å². The number of fused-ring (bicyclic) bond motifs is 2. The molecule has 0 aliphatic carbocycles. The lowest BCUT2D eigenvalue weighted by atomic mass is 9.93. The zero-order valence-corrected chi connectivity index (χ0v) is 23.3. The van der Waals surface area contributed by atoms with Crippen molar-refractivity contribution in [3.05, 3.63) is 72.1 Å². The highest BCUT2D eigenvalue weighted by Crippen LogP contribution is 2.45. The molecule has 0 radical (unpaired) electrons. The summed E-state index contributed by atoms with van der Waals surface area (Å²) >= 11 is 2.78. The molecular weight excluding hydrogens is 557 g/mol. The Morgan fingerprint density at radius 1 is 1.12 bits per heavy atom. The number of thioether (sulfide) groups is 2. The van der Waals surface area contributed by atoms with E-state index in [2.05, 4.69) is 25.4 Å². The number of carbonyl (C=O) groups is 1. The third kappa shape index (κ3) is 4.65. The van der Waals surface area contributed by atoms with Crippen LogP contribution in [0.2, 0.25) is 0 Å². The van der Waals surface area contributed by atoms with Gasteiger partial charge in [-0.1, -0.05) is 46.9 Å². The first kappa shape index (κ1) is 26.5. The third-order valence-corrected chi connectivity index (χ3v) is 7.82. The zero-order valence-electron chi connectivity index (χ0n) is 21.7. The Morgan fingerprint density at radius 3 is 2.67 bits per heavy atom. The molecule has 3 aromatic heterocycles. The predicted octanol–water partition coefficient (Wildman–Crippen LogP) is 3.84. The van der Waals surface area contributed by atoms with Crippen LogP contribution < -0.4 is 4.84 Å². The number of alkyl halides is 1. The van der Waals surface area contributed by atoms with E-state index in [-0.39, 0.29) is 6.61 Å². The van der Waals surface area contributed by atoms with E-state index in [0.717, 1.165) is 0 Å². The lowest BCUT2D eigenvalue weighted by Gasteiger charge is -2.27. The van der Waals surface area contributed by atoms with Crippen molar-refractivity contribution in [1.82, 2.24) is 34.7 Å². The number of para-hydroxylation sites is 1. The van der Waals surface area contributed by atoms with Gasteiger partial charge in [0.05, 0.1) is 17.5 Å². The van der Waals surface area contributed by atoms with Gasteiger partial charge in [-0.05, 0) is 48.9 Å². The SMILES string of the molecule is CSc1nc(SC)c2ncc([C@@H]3O[C@H](COC(=O)c4ccccc4)[C@@H](On4nnc5ccccc54)[C@@]3(C)F)n2n1. The van der Waals surface area contributed by atoms with Crippen molar-refractivity contribution in [3.63, 3.8) is 0 Å². The minimum absolute atomic E-state index is 0.265. The van der Waals surface area contributed by atoms with Crippen molar-refractivity contribution in [2.45, 2.75) is 41.1 Å². The molecule has 4 heterocycles. The van der Waals surface area contributed by atoms with Crippen molar-refractivity contribution in [1.29, 1.82) is 0 Å². The number of rotatable bonds is 8. The molecule has 0 N–H and O–H groups in total. The second-order valence-corrected chi connectivity index (χ2v) is 10.7. The smallest absolute Gasteiger partial charge is 0.338 e. The van der Waals surface area contributed by atoms with Crippen LogP contribution in [-0.2, 0) is 9.47 Å². The summed E-state index contributed by atoms with van der Waals surface area (Å²) in [5, 5.41) is 13.9. The van der Waals surface area contributed by atoms with E-state index in [1.165, 1.54) is 41.5 Å². The van der Waals surface area contributed by atoms with Gasteiger partial charge in [0.15, 0.2) is 17.4 Å². The van der Waals surface area contributed by atoms with Crippen LogP contribution in [0.5, 0.6) is 0 Å². The molecule has 0 amide bonds. The third-order valence-electron chi connectivity index (χ3n) is 6.62. The lowest BCUT2D eigenvalue weighted by molar-refractivity contribution is -0.0770. The van der Waals surface area contributed by atoms with Crippen molar-refractivity contribution >= 4 is 46.2 Å². The molecule has 6 rings (SSSR count). The van der Waals surface area contributed by atoms with Crippen molar-refractivity contribution in [3.8, 4) is 0 Å². The highest BCUT2D eigenvalue weighted by Gasteiger charge is 2.59. The first-order chi connectivity index (χ1) is 19.4. The van der Waals surface area contributed by atoms with Gasteiger partial charge in [0, 0.05) is 0 Å². The quantitative estimate of drug-likeness (QED) is 0.196. The minimum Gasteiger partial charge on any atom is -0.459 e. The molecule has 4 atom stereocenters. The minimum atomic E-state index is -2.13. The fourth-order valence-corrected chi connectivity index (χ4v) is 5.56. The monoisotopic (exact) mass is 581 g/mol. The van der Waals surface area contributed by atoms with Crippen LogP contribution in [0.3, 0.4) is 0 Å². The number of benzene rings is 2. The van der Waals surface area contributed by atoms with E-state index in [4.69, 9.17) is 14.3 Å². The number of carbonyl (C=O) groups excluding carboxylic acids is 1. The molecule has 11 nitrogen and oxygen atoms in total. The summed E-state index contributed by atoms with van der Waals surface area (Å²) < 4.78 is 30.3. The number of nitrogens with zero attached hydrogens (tertiary/aromatic N) is 7. The van der Waals surface area contributed by atoms with Gasteiger partial charge in [0.25, 0.3) is 0 Å². The van der Waals surface area contributed by atoms with E-state index in [1.807, 2.05) is 18.6 Å². The van der Waals surface area contributed by atoms with E-state index in [0.29, 0.717) is 38.1 Å². The molecule has 14 heteroatoms. The van der Waals surface area contributed by atoms with Gasteiger partial charge in [-0.2, -0.15) is 0 Å². The van der Waals surface area contributed by atoms with Crippen LogP contribution in [0.15, 0.2) is 71.0 Å². The molecule has 1 fully saturated rings. The summed E-state index contributed by atoms with van der Waals surface area (Å²) in [4.78, 5) is 28.9. The molecule has 0 spiro atoms. The molecule has 1 aliphatic rings. The molecule has 5 aromatic rings. The normalized spacial score (nSPS) is 22.6. The Bertz CT molecular complexity index is 1680. The summed E-state index contributed by atoms with van der Waals surface area (Å²) in [6.45, 7) is 1.12. The van der Waals surface area contributed by atoms with Crippen molar-refractivity contribution < 1.29 is 23.5 Å². The number of esters is 1. The maximum atomic E-state index is 16.9. The Labute approximate surface area is 236 Å². The van der Waals surface area contributed by atoms with Gasteiger partial charge in [0.1, 0.15) is 34.9 Å². The fourth-order valence-electron chi connectivity index (χ4n) is 4.65. The number of hydrogen-bond donors (Lipinski definition) is 0. The molecule has 0 bridgehead atoms. The number of aromatic nitrogens is 7. The maximum Gasteiger partial charge on any atom is 0.338 e. The number of hydrogen-bond acceptors (Lipinski definition) is 11. The Kier molecular flexibility index (Phi) is 7.06. The van der Waals surface area contributed by atoms with E-state index < -0.39 is 29.9 Å². The van der Waals surface area contributed by atoms with Crippen LogP contribution in [-0.4, -0.2) is 77.7 Å². The van der Waals surface area contributed by atoms with Gasteiger partial charge < -0.3 is 14.3 Å². The van der Waals surface area contributed by atoms with Crippen LogP contribution >= 0.6 is 23.5 Å². The number of ether oxygens (including phenoxy) is 2. The average Bonchev–Trinajstić information content (AvgIpc) is 3.66. The highest BCUT2D eigenvalue weighted by molar-refractivity contribution is 7.99. The average molecular weight is 582 g/mol. The van der Waals surface area contributed by atoms with Gasteiger partial charge in [-0.3, -0.25) is 0 Å². The lowest BCUT2D eigenvalue weighted by Crippen LogP contribution is -2.47. The number of halogens is 1. The standard InChI is InChI=1S/C26H24FN7O4S2/c1-26(27)20(18-13-28-22-23(39-2)29-25(40-3)31-33(18)22)37-19(14-36-24(35)15-9-5-4-6-10-15)21(26)38-34-17-12-8-7-11-16(17)30-32-34/h4-13,19-21H,14H2,1-3H3/t19-,20+,21-,26+/m1/s1. The van der Waals surface area contributed by atoms with Gasteiger partial charge in [0.2, 0.25) is 5.16 Å². The van der Waals surface area contributed by atoms with Crippen molar-refractivity contribution in [2.75, 3.05) is 19.1 Å². The number of imidazole rings is 1. The molecule has 40 heavy (non-hydrogen) atoms. The molecular formula is C26H24FN7O4S2. The molecule has 206 valence electrons. The first-order valence-electron chi connectivity index (χ1n) is 12.3.